The van der Waals surface area contributed by atoms with E-state index in [-0.39, 0.29) is 20.2 Å². The molecule has 0 amide bonds. The molecule has 0 radical (unpaired) electrons. The number of benzene rings is 3. The Balaban J connectivity index is 1.82. The minimum atomic E-state index is -1.12. The first-order chi connectivity index (χ1) is 14.3. The maximum absolute atomic E-state index is 13.9. The van der Waals surface area contributed by atoms with Crippen molar-refractivity contribution in [3.63, 3.8) is 0 Å². The molecular weight excluding hydrogens is 439 g/mol. The van der Waals surface area contributed by atoms with Gasteiger partial charge in [-0.15, -0.1) is 0 Å². The van der Waals surface area contributed by atoms with Crippen LogP contribution in [0.2, 0.25) is 0 Å². The predicted molar refractivity (Wildman–Crippen MR) is 124 cm³/mol. The van der Waals surface area contributed by atoms with Crippen LogP contribution in [-0.4, -0.2) is 19.2 Å². The first kappa shape index (κ1) is 20.3. The van der Waals surface area contributed by atoms with Crippen LogP contribution in [-0.2, 0) is 10.8 Å². The summed E-state index contributed by atoms with van der Waals surface area (Å²) in [5.41, 5.74) is 2.72. The van der Waals surface area contributed by atoms with E-state index < -0.39 is 10.8 Å². The van der Waals surface area contributed by atoms with E-state index in [1.807, 2.05) is 36.4 Å². The first-order valence-corrected chi connectivity index (χ1v) is 13.2. The maximum atomic E-state index is 13.9. The third kappa shape index (κ3) is 5.17. The second-order valence-corrected chi connectivity index (χ2v) is 11.2. The minimum absolute atomic E-state index is 0.0769. The first-order valence-electron chi connectivity index (χ1n) is 10.3. The molecule has 2 unspecified atom stereocenters. The van der Waals surface area contributed by atoms with E-state index in [1.165, 1.54) is 33.8 Å². The zero-order valence-corrected chi connectivity index (χ0v) is 19.0. The standard InChI is InChI=1S/C26H26OSSe/c27-28(23-17-9-3-10-18-23)25(21-13-5-1-6-14-21)26(22-15-7-2-8-16-22)29-24-19-11-4-12-20-24/h1,3-6,9-14,17-20,25H,2,7-8,15-16H2. The van der Waals surface area contributed by atoms with Gasteiger partial charge in [0.15, 0.2) is 0 Å². The molecule has 0 aliphatic heterocycles. The van der Waals surface area contributed by atoms with Gasteiger partial charge >= 0.3 is 183 Å². The molecule has 1 saturated carbocycles. The van der Waals surface area contributed by atoms with Crippen molar-refractivity contribution in [2.24, 2.45) is 0 Å². The Kier molecular flexibility index (Phi) is 7.16. The van der Waals surface area contributed by atoms with Crippen molar-refractivity contribution in [2.75, 3.05) is 0 Å². The molecule has 0 heterocycles. The van der Waals surface area contributed by atoms with Crippen molar-refractivity contribution in [3.8, 4) is 0 Å². The number of hydrogen-bond acceptors (Lipinski definition) is 1. The molecule has 0 spiro atoms. The van der Waals surface area contributed by atoms with E-state index in [9.17, 15) is 4.21 Å². The van der Waals surface area contributed by atoms with Crippen LogP contribution in [0.25, 0.3) is 0 Å². The monoisotopic (exact) mass is 466 g/mol. The summed E-state index contributed by atoms with van der Waals surface area (Å²) in [5, 5.41) is -0.0769. The summed E-state index contributed by atoms with van der Waals surface area (Å²) in [5.74, 6) is 0. The molecule has 2 atom stereocenters. The van der Waals surface area contributed by atoms with Gasteiger partial charge in [0.25, 0.3) is 0 Å². The normalized spacial score (nSPS) is 16.2. The molecule has 0 N–H and O–H groups in total. The van der Waals surface area contributed by atoms with Crippen LogP contribution in [0, 0.1) is 0 Å². The van der Waals surface area contributed by atoms with E-state index >= 15 is 0 Å². The molecule has 0 saturated heterocycles. The van der Waals surface area contributed by atoms with Crippen molar-refractivity contribution < 1.29 is 4.21 Å². The van der Waals surface area contributed by atoms with Crippen molar-refractivity contribution in [1.29, 1.82) is 0 Å². The Labute approximate surface area is 182 Å². The van der Waals surface area contributed by atoms with E-state index in [1.54, 1.807) is 5.57 Å². The zero-order valence-electron chi connectivity index (χ0n) is 16.5. The molecule has 4 rings (SSSR count). The molecule has 29 heavy (non-hydrogen) atoms. The summed E-state index contributed by atoms with van der Waals surface area (Å²) < 4.78 is 16.7. The molecule has 1 aliphatic carbocycles. The van der Waals surface area contributed by atoms with Crippen LogP contribution >= 0.6 is 0 Å². The molecular formula is C26H26OSSe. The van der Waals surface area contributed by atoms with Crippen LogP contribution in [0.1, 0.15) is 42.9 Å². The van der Waals surface area contributed by atoms with E-state index in [0.29, 0.717) is 0 Å². The summed E-state index contributed by atoms with van der Waals surface area (Å²) in [4.78, 5) is 0.916. The van der Waals surface area contributed by atoms with Crippen LogP contribution in [0.5, 0.6) is 0 Å². The Morgan fingerprint density at radius 2 is 1.28 bits per heavy atom. The van der Waals surface area contributed by atoms with Gasteiger partial charge in [0.2, 0.25) is 0 Å². The van der Waals surface area contributed by atoms with Gasteiger partial charge in [-0.3, -0.25) is 0 Å². The van der Waals surface area contributed by atoms with E-state index in [0.717, 1.165) is 17.7 Å². The van der Waals surface area contributed by atoms with Gasteiger partial charge in [0.1, 0.15) is 0 Å². The summed E-state index contributed by atoms with van der Waals surface area (Å²) in [6.07, 6.45) is 6.12. The van der Waals surface area contributed by atoms with Crippen LogP contribution in [0.3, 0.4) is 0 Å². The van der Waals surface area contributed by atoms with Crippen LogP contribution in [0.15, 0.2) is 106 Å². The average molecular weight is 466 g/mol. The van der Waals surface area contributed by atoms with Crippen LogP contribution < -0.4 is 4.46 Å². The number of allylic oxidation sites excluding steroid dienone is 1. The van der Waals surface area contributed by atoms with Gasteiger partial charge in [-0.25, -0.2) is 0 Å². The summed E-state index contributed by atoms with van der Waals surface area (Å²) in [6.45, 7) is 0. The van der Waals surface area contributed by atoms with Gasteiger partial charge in [-0.05, 0) is 0 Å². The molecule has 3 heteroatoms. The van der Waals surface area contributed by atoms with E-state index in [4.69, 9.17) is 0 Å². The third-order valence-electron chi connectivity index (χ3n) is 5.31. The molecule has 0 aromatic heterocycles. The van der Waals surface area contributed by atoms with Gasteiger partial charge < -0.3 is 0 Å². The predicted octanol–water partition coefficient (Wildman–Crippen LogP) is 5.78. The Morgan fingerprint density at radius 3 is 1.90 bits per heavy atom. The average Bonchev–Trinajstić information content (AvgIpc) is 2.81. The quantitative estimate of drug-likeness (QED) is 0.422. The Hall–Kier alpha value is -1.93. The van der Waals surface area contributed by atoms with Crippen LogP contribution in [0.4, 0.5) is 0 Å². The Morgan fingerprint density at radius 1 is 0.724 bits per heavy atom. The second-order valence-electron chi connectivity index (χ2n) is 7.34. The molecule has 3 aromatic carbocycles. The molecule has 1 nitrogen and oxygen atoms in total. The summed E-state index contributed by atoms with van der Waals surface area (Å²) in [7, 11) is -1.12. The molecule has 3 aromatic rings. The van der Waals surface area contributed by atoms with Gasteiger partial charge in [0.05, 0.1) is 0 Å². The van der Waals surface area contributed by atoms with Gasteiger partial charge in [-0.2, -0.15) is 0 Å². The molecule has 148 valence electrons. The van der Waals surface area contributed by atoms with E-state index in [2.05, 4.69) is 54.6 Å². The fourth-order valence-corrected chi connectivity index (χ4v) is 8.49. The summed E-state index contributed by atoms with van der Waals surface area (Å²) >= 11 is 0.166. The van der Waals surface area contributed by atoms with Gasteiger partial charge in [-0.1, -0.05) is 0 Å². The van der Waals surface area contributed by atoms with Crippen molar-refractivity contribution in [3.05, 3.63) is 107 Å². The fourth-order valence-electron chi connectivity index (χ4n) is 3.84. The fraction of sp³-hybridized carbons (Fsp3) is 0.231. The van der Waals surface area contributed by atoms with Gasteiger partial charge in [0, 0.05) is 0 Å². The SMILES string of the molecule is O=S(c1ccccc1)C(C([Se]c1ccccc1)=C1CCCCC1)c1ccccc1. The zero-order chi connectivity index (χ0) is 19.9. The second kappa shape index (κ2) is 10.2. The molecule has 1 aliphatic rings. The Bertz CT molecular complexity index is 959. The third-order valence-corrected chi connectivity index (χ3v) is 9.94. The van der Waals surface area contributed by atoms with Crippen molar-refractivity contribution in [2.45, 2.75) is 42.2 Å². The molecule has 1 fully saturated rings. The molecule has 0 bridgehead atoms. The topological polar surface area (TPSA) is 17.1 Å². The van der Waals surface area contributed by atoms with Crippen molar-refractivity contribution >= 4 is 30.2 Å². The number of rotatable bonds is 6. The number of hydrogen-bond donors (Lipinski definition) is 0. The van der Waals surface area contributed by atoms with Crippen molar-refractivity contribution in [1.82, 2.24) is 0 Å². The summed E-state index contributed by atoms with van der Waals surface area (Å²) in [6, 6.07) is 31.2.